The lowest BCUT2D eigenvalue weighted by Crippen LogP contribution is -2.47. The Bertz CT molecular complexity index is 912. The lowest BCUT2D eigenvalue weighted by Gasteiger charge is -2.33. The zero-order chi connectivity index (χ0) is 19.6. The molecular formula is C22H23N3O3. The molecule has 1 unspecified atom stereocenters. The van der Waals surface area contributed by atoms with Crippen LogP contribution in [0.4, 0.5) is 4.79 Å². The first kappa shape index (κ1) is 18.2. The van der Waals surface area contributed by atoms with E-state index < -0.39 is 11.6 Å². The second-order valence-corrected chi connectivity index (χ2v) is 7.32. The van der Waals surface area contributed by atoms with Crippen molar-refractivity contribution in [3.8, 4) is 0 Å². The highest BCUT2D eigenvalue weighted by Crippen LogP contribution is 2.39. The van der Waals surface area contributed by atoms with E-state index in [1.54, 1.807) is 0 Å². The summed E-state index contributed by atoms with van der Waals surface area (Å²) in [5, 5.41) is 5.67. The molecule has 0 saturated carbocycles. The third-order valence-electron chi connectivity index (χ3n) is 5.53. The molecule has 1 aliphatic carbocycles. The van der Waals surface area contributed by atoms with Crippen LogP contribution in [0.25, 0.3) is 0 Å². The van der Waals surface area contributed by atoms with Crippen molar-refractivity contribution in [3.05, 3.63) is 71.3 Å². The van der Waals surface area contributed by atoms with Gasteiger partial charge in [-0.15, -0.1) is 0 Å². The van der Waals surface area contributed by atoms with Crippen LogP contribution in [0.2, 0.25) is 0 Å². The summed E-state index contributed by atoms with van der Waals surface area (Å²) in [6.07, 6.45) is 2.96. The normalized spacial score (nSPS) is 20.8. The number of carbonyl (C=O) groups excluding carboxylic acids is 3. The van der Waals surface area contributed by atoms with E-state index in [2.05, 4.69) is 10.6 Å². The minimum atomic E-state index is -1.03. The zero-order valence-corrected chi connectivity index (χ0v) is 15.6. The van der Waals surface area contributed by atoms with Gasteiger partial charge in [0, 0.05) is 6.54 Å². The maximum absolute atomic E-state index is 13.1. The Morgan fingerprint density at radius 2 is 1.82 bits per heavy atom. The number of fused-ring (bicyclic) bond motifs is 2. The summed E-state index contributed by atoms with van der Waals surface area (Å²) in [6.45, 7) is 0.198. The Kier molecular flexibility index (Phi) is 4.86. The van der Waals surface area contributed by atoms with E-state index in [9.17, 15) is 14.4 Å². The largest absolute Gasteiger partial charge is 0.354 e. The molecule has 0 bridgehead atoms. The number of rotatable bonds is 5. The first-order valence-corrected chi connectivity index (χ1v) is 9.63. The molecule has 6 nitrogen and oxygen atoms in total. The summed E-state index contributed by atoms with van der Waals surface area (Å²) in [7, 11) is 0. The highest BCUT2D eigenvalue weighted by atomic mass is 16.2. The Labute approximate surface area is 163 Å². The van der Waals surface area contributed by atoms with E-state index in [-0.39, 0.29) is 18.4 Å². The average Bonchev–Trinajstić information content (AvgIpc) is 2.94. The number of hydrogen-bond acceptors (Lipinski definition) is 3. The Balaban J connectivity index is 1.42. The number of benzene rings is 2. The smallest absolute Gasteiger partial charge is 0.325 e. The number of imide groups is 1. The van der Waals surface area contributed by atoms with Gasteiger partial charge in [0.25, 0.3) is 5.91 Å². The van der Waals surface area contributed by atoms with Crippen LogP contribution in [0.1, 0.15) is 29.5 Å². The van der Waals surface area contributed by atoms with Gasteiger partial charge in [0.15, 0.2) is 0 Å². The van der Waals surface area contributed by atoms with Gasteiger partial charge in [-0.25, -0.2) is 4.79 Å². The van der Waals surface area contributed by atoms with Crippen molar-refractivity contribution in [2.75, 3.05) is 13.1 Å². The first-order valence-electron chi connectivity index (χ1n) is 9.63. The molecule has 4 amide bonds. The molecule has 1 saturated heterocycles. The summed E-state index contributed by atoms with van der Waals surface area (Å²) in [5.74, 6) is -0.663. The van der Waals surface area contributed by atoms with Gasteiger partial charge in [-0.1, -0.05) is 54.6 Å². The predicted octanol–water partition coefficient (Wildman–Crippen LogP) is 2.13. The molecule has 1 spiro atoms. The van der Waals surface area contributed by atoms with Crippen molar-refractivity contribution < 1.29 is 14.4 Å². The van der Waals surface area contributed by atoms with Crippen LogP contribution in [0.15, 0.2) is 54.6 Å². The van der Waals surface area contributed by atoms with Gasteiger partial charge < -0.3 is 10.6 Å². The van der Waals surface area contributed by atoms with E-state index >= 15 is 0 Å². The van der Waals surface area contributed by atoms with Gasteiger partial charge >= 0.3 is 6.03 Å². The van der Waals surface area contributed by atoms with E-state index in [4.69, 9.17) is 0 Å². The van der Waals surface area contributed by atoms with Crippen LogP contribution >= 0.6 is 0 Å². The molecule has 1 fully saturated rings. The number of urea groups is 1. The van der Waals surface area contributed by atoms with Gasteiger partial charge in [-0.2, -0.15) is 0 Å². The van der Waals surface area contributed by atoms with Crippen LogP contribution in [-0.4, -0.2) is 35.8 Å². The van der Waals surface area contributed by atoms with Crippen LogP contribution in [0, 0.1) is 0 Å². The maximum atomic E-state index is 13.1. The summed E-state index contributed by atoms with van der Waals surface area (Å²) in [4.78, 5) is 39.0. The molecule has 4 rings (SSSR count). The Morgan fingerprint density at radius 3 is 2.64 bits per heavy atom. The second-order valence-electron chi connectivity index (χ2n) is 7.32. The SMILES string of the molecule is O=C(CN1C(=O)NC2(CCCc3ccccc32)C1=O)NCCc1ccccc1. The molecule has 2 aromatic carbocycles. The minimum Gasteiger partial charge on any atom is -0.354 e. The fourth-order valence-electron chi connectivity index (χ4n) is 4.15. The van der Waals surface area contributed by atoms with E-state index in [0.717, 1.165) is 34.4 Å². The third kappa shape index (κ3) is 3.26. The fourth-order valence-corrected chi connectivity index (χ4v) is 4.15. The van der Waals surface area contributed by atoms with E-state index in [1.165, 1.54) is 0 Å². The molecule has 144 valence electrons. The molecule has 2 aromatic rings. The van der Waals surface area contributed by atoms with Gasteiger partial charge in [0.2, 0.25) is 5.91 Å². The quantitative estimate of drug-likeness (QED) is 0.784. The number of nitrogens with one attached hydrogen (secondary N) is 2. The fraction of sp³-hybridized carbons (Fsp3) is 0.318. The van der Waals surface area contributed by atoms with Gasteiger partial charge in [-0.05, 0) is 42.4 Å². The van der Waals surface area contributed by atoms with Crippen molar-refractivity contribution in [2.45, 2.75) is 31.2 Å². The molecule has 1 aliphatic heterocycles. The lowest BCUT2D eigenvalue weighted by molar-refractivity contribution is -0.135. The van der Waals surface area contributed by atoms with Crippen LogP contribution < -0.4 is 10.6 Å². The molecule has 6 heteroatoms. The molecule has 1 heterocycles. The number of nitrogens with zero attached hydrogens (tertiary/aromatic N) is 1. The summed E-state index contributed by atoms with van der Waals surface area (Å²) in [5.41, 5.74) is 2.02. The molecule has 28 heavy (non-hydrogen) atoms. The van der Waals surface area contributed by atoms with Crippen molar-refractivity contribution in [3.63, 3.8) is 0 Å². The van der Waals surface area contributed by atoms with Crippen LogP contribution in [-0.2, 0) is 28.0 Å². The highest BCUT2D eigenvalue weighted by molar-refractivity contribution is 6.09. The average molecular weight is 377 g/mol. The van der Waals surface area contributed by atoms with Gasteiger partial charge in [0.1, 0.15) is 12.1 Å². The predicted molar refractivity (Wildman–Crippen MR) is 104 cm³/mol. The zero-order valence-electron chi connectivity index (χ0n) is 15.6. The van der Waals surface area contributed by atoms with Crippen LogP contribution in [0.5, 0.6) is 0 Å². The topological polar surface area (TPSA) is 78.5 Å². The van der Waals surface area contributed by atoms with E-state index in [0.29, 0.717) is 19.4 Å². The van der Waals surface area contributed by atoms with Gasteiger partial charge in [-0.3, -0.25) is 14.5 Å². The number of amides is 4. The van der Waals surface area contributed by atoms with Crippen molar-refractivity contribution in [2.24, 2.45) is 0 Å². The molecular weight excluding hydrogens is 354 g/mol. The molecule has 2 N–H and O–H groups in total. The lowest BCUT2D eigenvalue weighted by atomic mass is 9.76. The minimum absolute atomic E-state index is 0.261. The number of aryl methyl sites for hydroxylation is 1. The molecule has 1 atom stereocenters. The summed E-state index contributed by atoms with van der Waals surface area (Å²) >= 11 is 0. The van der Waals surface area contributed by atoms with Crippen LogP contribution in [0.3, 0.4) is 0 Å². The monoisotopic (exact) mass is 377 g/mol. The van der Waals surface area contributed by atoms with Crippen molar-refractivity contribution in [1.82, 2.24) is 15.5 Å². The number of hydrogen-bond donors (Lipinski definition) is 2. The maximum Gasteiger partial charge on any atom is 0.325 e. The van der Waals surface area contributed by atoms with E-state index in [1.807, 2.05) is 54.6 Å². The second kappa shape index (κ2) is 7.46. The Morgan fingerprint density at radius 1 is 1.07 bits per heavy atom. The summed E-state index contributed by atoms with van der Waals surface area (Å²) < 4.78 is 0. The third-order valence-corrected chi connectivity index (χ3v) is 5.53. The standard InChI is InChI=1S/C22H23N3O3/c26-19(23-14-12-16-7-2-1-3-8-16)15-25-20(27)22(24-21(25)28)13-6-10-17-9-4-5-11-18(17)22/h1-5,7-9,11H,6,10,12-15H2,(H,23,26)(H,24,28). The summed E-state index contributed by atoms with van der Waals surface area (Å²) in [6, 6.07) is 17.0. The van der Waals surface area contributed by atoms with Crippen molar-refractivity contribution >= 4 is 17.8 Å². The van der Waals surface area contributed by atoms with Crippen molar-refractivity contribution in [1.29, 1.82) is 0 Å². The molecule has 0 aromatic heterocycles. The first-order chi connectivity index (χ1) is 13.6. The Hall–Kier alpha value is -3.15. The molecule has 0 radical (unpaired) electrons. The number of carbonyl (C=O) groups is 3. The van der Waals surface area contributed by atoms with Gasteiger partial charge in [0.05, 0.1) is 0 Å². The molecule has 2 aliphatic rings. The highest BCUT2D eigenvalue weighted by Gasteiger charge is 2.54.